The standard InChI is InChI=1S/C13H26N2O4.C8H17NO2/c1-12(2,3)18-10(16)14-8-9-15(7)11(17)19-13(4,5)6;1-5-6-9-7(10)11-8(2,3)4/h8-9H2,1-7H3,(H,14,16);5-6H2,1-4H3,(H,9,10). The van der Waals surface area contributed by atoms with Crippen molar-refractivity contribution in [3.8, 4) is 0 Å². The van der Waals surface area contributed by atoms with E-state index >= 15 is 0 Å². The average molecular weight is 434 g/mol. The predicted octanol–water partition coefficient (Wildman–Crippen LogP) is 4.30. The molecule has 3 amide bonds. The number of carbonyl (C=O) groups is 3. The Morgan fingerprint density at radius 3 is 1.40 bits per heavy atom. The Hall–Kier alpha value is -2.19. The van der Waals surface area contributed by atoms with Gasteiger partial charge in [0.15, 0.2) is 0 Å². The van der Waals surface area contributed by atoms with Crippen LogP contribution in [0.25, 0.3) is 0 Å². The van der Waals surface area contributed by atoms with Crippen molar-refractivity contribution in [2.24, 2.45) is 0 Å². The van der Waals surface area contributed by atoms with Crippen LogP contribution in [0.2, 0.25) is 0 Å². The number of ether oxygens (including phenoxy) is 3. The summed E-state index contributed by atoms with van der Waals surface area (Å²) in [7, 11) is 1.62. The highest BCUT2D eigenvalue weighted by Crippen LogP contribution is 2.09. The highest BCUT2D eigenvalue weighted by atomic mass is 16.6. The van der Waals surface area contributed by atoms with Crippen LogP contribution in [0.3, 0.4) is 0 Å². The molecule has 30 heavy (non-hydrogen) atoms. The molecular weight excluding hydrogens is 390 g/mol. The summed E-state index contributed by atoms with van der Waals surface area (Å²) in [5.41, 5.74) is -1.44. The van der Waals surface area contributed by atoms with Crippen molar-refractivity contribution in [2.45, 2.75) is 92.5 Å². The number of nitrogens with one attached hydrogen (secondary N) is 2. The van der Waals surface area contributed by atoms with Gasteiger partial charge in [-0.3, -0.25) is 0 Å². The monoisotopic (exact) mass is 433 g/mol. The molecule has 0 heterocycles. The van der Waals surface area contributed by atoms with E-state index in [4.69, 9.17) is 14.2 Å². The zero-order chi connectivity index (χ0) is 24.2. The van der Waals surface area contributed by atoms with Gasteiger partial charge in [-0.15, -0.1) is 0 Å². The number of hydrogen-bond acceptors (Lipinski definition) is 6. The van der Waals surface area contributed by atoms with Crippen LogP contribution in [0.1, 0.15) is 75.7 Å². The van der Waals surface area contributed by atoms with E-state index < -0.39 is 29.0 Å². The number of hydrogen-bond donors (Lipinski definition) is 2. The number of likely N-dealkylation sites (N-methyl/N-ethyl adjacent to an activating group) is 1. The SMILES string of the molecule is CCCNC(=O)OC(C)(C)C.CN(CCNC(=O)OC(C)(C)C)C(=O)OC(C)(C)C. The largest absolute Gasteiger partial charge is 0.444 e. The van der Waals surface area contributed by atoms with Gasteiger partial charge in [0.05, 0.1) is 0 Å². The lowest BCUT2D eigenvalue weighted by Gasteiger charge is -2.25. The highest BCUT2D eigenvalue weighted by molar-refractivity contribution is 5.69. The van der Waals surface area contributed by atoms with Gasteiger partial charge in [0.1, 0.15) is 16.8 Å². The fourth-order valence-corrected chi connectivity index (χ4v) is 1.61. The summed E-state index contributed by atoms with van der Waals surface area (Å²) in [6.45, 7) is 19.7. The number of alkyl carbamates (subject to hydrolysis) is 2. The van der Waals surface area contributed by atoms with E-state index in [1.54, 1.807) is 48.6 Å². The van der Waals surface area contributed by atoms with E-state index in [1.807, 2.05) is 27.7 Å². The Morgan fingerprint density at radius 1 is 0.700 bits per heavy atom. The second-order valence-electron chi connectivity index (χ2n) is 9.76. The lowest BCUT2D eigenvalue weighted by Crippen LogP contribution is -2.40. The molecule has 0 spiro atoms. The fraction of sp³-hybridized carbons (Fsp3) is 0.857. The Labute approximate surface area is 182 Å². The van der Waals surface area contributed by atoms with Gasteiger partial charge < -0.3 is 29.7 Å². The molecule has 0 fully saturated rings. The van der Waals surface area contributed by atoms with Crippen LogP contribution in [0.4, 0.5) is 14.4 Å². The Bertz CT molecular complexity index is 530. The van der Waals surface area contributed by atoms with Crippen LogP contribution in [0.5, 0.6) is 0 Å². The summed E-state index contributed by atoms with van der Waals surface area (Å²) in [5, 5.41) is 5.20. The van der Waals surface area contributed by atoms with Crippen LogP contribution < -0.4 is 10.6 Å². The van der Waals surface area contributed by atoms with E-state index in [9.17, 15) is 14.4 Å². The first-order chi connectivity index (χ1) is 13.4. The van der Waals surface area contributed by atoms with Gasteiger partial charge in [-0.05, 0) is 68.7 Å². The third-order valence-electron chi connectivity index (χ3n) is 2.74. The minimum atomic E-state index is -0.527. The van der Waals surface area contributed by atoms with Gasteiger partial charge >= 0.3 is 18.3 Å². The van der Waals surface area contributed by atoms with Crippen LogP contribution in [0.15, 0.2) is 0 Å². The molecule has 0 bridgehead atoms. The van der Waals surface area contributed by atoms with Gasteiger partial charge in [-0.25, -0.2) is 14.4 Å². The third kappa shape index (κ3) is 22.1. The molecule has 0 radical (unpaired) electrons. The Balaban J connectivity index is 0. The van der Waals surface area contributed by atoms with Crippen molar-refractivity contribution in [1.82, 2.24) is 15.5 Å². The van der Waals surface area contributed by atoms with Gasteiger partial charge in [-0.1, -0.05) is 6.92 Å². The molecule has 0 aliphatic rings. The molecule has 0 aliphatic carbocycles. The minimum absolute atomic E-state index is 0.310. The molecule has 0 saturated carbocycles. The normalized spacial score (nSPS) is 11.4. The quantitative estimate of drug-likeness (QED) is 0.626. The van der Waals surface area contributed by atoms with E-state index in [0.717, 1.165) is 6.42 Å². The van der Waals surface area contributed by atoms with Crippen molar-refractivity contribution in [2.75, 3.05) is 26.7 Å². The summed E-state index contributed by atoms with van der Waals surface area (Å²) in [4.78, 5) is 35.3. The molecule has 9 nitrogen and oxygen atoms in total. The van der Waals surface area contributed by atoms with Crippen molar-refractivity contribution < 1.29 is 28.6 Å². The molecule has 2 N–H and O–H groups in total. The second kappa shape index (κ2) is 13.2. The van der Waals surface area contributed by atoms with Crippen molar-refractivity contribution >= 4 is 18.3 Å². The van der Waals surface area contributed by atoms with Crippen LogP contribution >= 0.6 is 0 Å². The van der Waals surface area contributed by atoms with Crippen molar-refractivity contribution in [3.05, 3.63) is 0 Å². The summed E-state index contributed by atoms with van der Waals surface area (Å²) < 4.78 is 15.2. The summed E-state index contributed by atoms with van der Waals surface area (Å²) in [5.74, 6) is 0. The first-order valence-corrected chi connectivity index (χ1v) is 10.2. The van der Waals surface area contributed by atoms with Gasteiger partial charge in [-0.2, -0.15) is 0 Å². The minimum Gasteiger partial charge on any atom is -0.444 e. The zero-order valence-corrected chi connectivity index (χ0v) is 20.7. The van der Waals surface area contributed by atoms with E-state index in [1.165, 1.54) is 4.90 Å². The Kier molecular flexibility index (Phi) is 13.2. The first-order valence-electron chi connectivity index (χ1n) is 10.2. The first kappa shape index (κ1) is 30.0. The molecule has 0 atom stereocenters. The molecule has 0 rings (SSSR count). The number of rotatable bonds is 5. The fourth-order valence-electron chi connectivity index (χ4n) is 1.61. The third-order valence-corrected chi connectivity index (χ3v) is 2.74. The van der Waals surface area contributed by atoms with E-state index in [0.29, 0.717) is 19.6 Å². The maximum absolute atomic E-state index is 11.6. The summed E-state index contributed by atoms with van der Waals surface area (Å²) >= 11 is 0. The molecule has 178 valence electrons. The molecule has 0 saturated heterocycles. The van der Waals surface area contributed by atoms with Crippen LogP contribution in [0, 0.1) is 0 Å². The smallest absolute Gasteiger partial charge is 0.410 e. The van der Waals surface area contributed by atoms with Gasteiger partial charge in [0.25, 0.3) is 0 Å². The molecule has 0 aromatic carbocycles. The molecule has 0 aliphatic heterocycles. The van der Waals surface area contributed by atoms with Crippen LogP contribution in [-0.4, -0.2) is 66.7 Å². The van der Waals surface area contributed by atoms with Gasteiger partial charge in [0, 0.05) is 26.7 Å². The molecule has 0 aromatic rings. The lowest BCUT2D eigenvalue weighted by atomic mass is 10.2. The molecule has 0 unspecified atom stereocenters. The second-order valence-corrected chi connectivity index (χ2v) is 9.76. The van der Waals surface area contributed by atoms with Crippen LogP contribution in [-0.2, 0) is 14.2 Å². The molecular formula is C21H43N3O6. The maximum atomic E-state index is 11.6. The summed E-state index contributed by atoms with van der Waals surface area (Å²) in [6, 6.07) is 0. The Morgan fingerprint density at radius 2 is 1.07 bits per heavy atom. The van der Waals surface area contributed by atoms with Crippen molar-refractivity contribution in [1.29, 1.82) is 0 Å². The van der Waals surface area contributed by atoms with Crippen molar-refractivity contribution in [3.63, 3.8) is 0 Å². The molecule has 9 heteroatoms. The van der Waals surface area contributed by atoms with Gasteiger partial charge in [0.2, 0.25) is 0 Å². The van der Waals surface area contributed by atoms with E-state index in [-0.39, 0.29) is 6.09 Å². The number of amides is 3. The average Bonchev–Trinajstić information content (AvgIpc) is 2.48. The topological polar surface area (TPSA) is 106 Å². The summed E-state index contributed by atoms with van der Waals surface area (Å²) in [6.07, 6.45) is -0.317. The lowest BCUT2D eigenvalue weighted by molar-refractivity contribution is 0.0287. The maximum Gasteiger partial charge on any atom is 0.410 e. The number of carbonyl (C=O) groups excluding carboxylic acids is 3. The zero-order valence-electron chi connectivity index (χ0n) is 20.7. The highest BCUT2D eigenvalue weighted by Gasteiger charge is 2.20. The molecule has 0 aromatic heterocycles. The predicted molar refractivity (Wildman–Crippen MR) is 118 cm³/mol. The number of nitrogens with zero attached hydrogens (tertiary/aromatic N) is 1. The van der Waals surface area contributed by atoms with E-state index in [2.05, 4.69) is 10.6 Å².